The van der Waals surface area contributed by atoms with Crippen LogP contribution in [0.3, 0.4) is 0 Å². The number of nitrogens with zero attached hydrogens (tertiary/aromatic N) is 3. The SMILES string of the molecule is CCn1cc(C(=O)N2CCOC(C(C)C)C2)c(=O)c2cc(OC3Cc4ccccc4C3)cnc21. The highest BCUT2D eigenvalue weighted by Gasteiger charge is 2.29. The van der Waals surface area contributed by atoms with Crippen LogP contribution in [0.5, 0.6) is 5.75 Å². The van der Waals surface area contributed by atoms with Gasteiger partial charge < -0.3 is 18.9 Å². The van der Waals surface area contributed by atoms with Crippen molar-refractivity contribution in [1.82, 2.24) is 14.5 Å². The summed E-state index contributed by atoms with van der Waals surface area (Å²) >= 11 is 0. The average Bonchev–Trinajstić information content (AvgIpc) is 3.26. The van der Waals surface area contributed by atoms with Gasteiger partial charge in [0.2, 0.25) is 5.43 Å². The Bertz CT molecular complexity index is 1260. The van der Waals surface area contributed by atoms with E-state index >= 15 is 0 Å². The fourth-order valence-corrected chi connectivity index (χ4v) is 4.94. The van der Waals surface area contributed by atoms with Gasteiger partial charge in [0.05, 0.1) is 24.3 Å². The topological polar surface area (TPSA) is 73.7 Å². The molecule has 0 bridgehead atoms. The summed E-state index contributed by atoms with van der Waals surface area (Å²) in [4.78, 5) is 33.2. The van der Waals surface area contributed by atoms with E-state index in [4.69, 9.17) is 9.47 Å². The van der Waals surface area contributed by atoms with Crippen LogP contribution in [0.1, 0.15) is 42.3 Å². The Kier molecular flexibility index (Phi) is 6.13. The number of ether oxygens (including phenoxy) is 2. The maximum absolute atomic E-state index is 13.5. The number of hydrogen-bond acceptors (Lipinski definition) is 5. The van der Waals surface area contributed by atoms with Gasteiger partial charge in [-0.3, -0.25) is 9.59 Å². The van der Waals surface area contributed by atoms with Crippen LogP contribution >= 0.6 is 0 Å². The molecule has 5 rings (SSSR count). The third-order valence-electron chi connectivity index (χ3n) is 6.90. The number of benzene rings is 1. The van der Waals surface area contributed by atoms with Crippen molar-refractivity contribution in [3.05, 3.63) is 69.6 Å². The molecule has 0 radical (unpaired) electrons. The molecule has 2 aliphatic rings. The van der Waals surface area contributed by atoms with Crippen molar-refractivity contribution in [2.45, 2.75) is 52.4 Å². The van der Waals surface area contributed by atoms with Crippen LogP contribution < -0.4 is 10.2 Å². The van der Waals surface area contributed by atoms with Gasteiger partial charge in [0.25, 0.3) is 5.91 Å². The molecule has 2 aromatic heterocycles. The van der Waals surface area contributed by atoms with E-state index in [1.165, 1.54) is 11.1 Å². The molecule has 0 saturated carbocycles. The highest BCUT2D eigenvalue weighted by molar-refractivity contribution is 5.97. The van der Waals surface area contributed by atoms with Gasteiger partial charge in [-0.25, -0.2) is 4.98 Å². The molecule has 7 heteroatoms. The lowest BCUT2D eigenvalue weighted by atomic mass is 10.0. The number of carbonyl (C=O) groups is 1. The second kappa shape index (κ2) is 9.22. The Morgan fingerprint density at radius 1 is 1.24 bits per heavy atom. The molecule has 3 aromatic rings. The first-order valence-electron chi connectivity index (χ1n) is 12.1. The van der Waals surface area contributed by atoms with E-state index in [1.54, 1.807) is 23.4 Å². The van der Waals surface area contributed by atoms with E-state index in [0.29, 0.717) is 48.9 Å². The number of fused-ring (bicyclic) bond motifs is 2. The number of pyridine rings is 2. The number of rotatable bonds is 5. The van der Waals surface area contributed by atoms with Gasteiger partial charge in [0.1, 0.15) is 23.1 Å². The van der Waals surface area contributed by atoms with Crippen LogP contribution in [-0.4, -0.2) is 52.3 Å². The summed E-state index contributed by atoms with van der Waals surface area (Å²) in [5, 5.41) is 0.411. The van der Waals surface area contributed by atoms with E-state index in [2.05, 4.69) is 31.0 Å². The van der Waals surface area contributed by atoms with Gasteiger partial charge in [-0.15, -0.1) is 0 Å². The number of carbonyl (C=O) groups excluding carboxylic acids is 1. The van der Waals surface area contributed by atoms with Crippen molar-refractivity contribution in [3.8, 4) is 5.75 Å². The van der Waals surface area contributed by atoms with Gasteiger partial charge in [-0.1, -0.05) is 38.1 Å². The first kappa shape index (κ1) is 22.6. The van der Waals surface area contributed by atoms with Crippen molar-refractivity contribution in [3.63, 3.8) is 0 Å². The van der Waals surface area contributed by atoms with Crippen molar-refractivity contribution in [2.75, 3.05) is 19.7 Å². The second-order valence-corrected chi connectivity index (χ2v) is 9.52. The first-order valence-corrected chi connectivity index (χ1v) is 12.1. The molecule has 1 aliphatic carbocycles. The second-order valence-electron chi connectivity index (χ2n) is 9.52. The summed E-state index contributed by atoms with van der Waals surface area (Å²) in [5.41, 5.74) is 3.03. The zero-order valence-corrected chi connectivity index (χ0v) is 20.0. The van der Waals surface area contributed by atoms with Crippen molar-refractivity contribution in [1.29, 1.82) is 0 Å². The van der Waals surface area contributed by atoms with Crippen LogP contribution in [0, 0.1) is 5.92 Å². The number of morpholine rings is 1. The Balaban J connectivity index is 1.45. The predicted octanol–water partition coefficient (Wildman–Crippen LogP) is 3.46. The highest BCUT2D eigenvalue weighted by atomic mass is 16.5. The molecule has 7 nitrogen and oxygen atoms in total. The van der Waals surface area contributed by atoms with Gasteiger partial charge in [-0.05, 0) is 30.0 Å². The van der Waals surface area contributed by atoms with E-state index in [1.807, 2.05) is 23.6 Å². The van der Waals surface area contributed by atoms with Crippen LogP contribution in [0.25, 0.3) is 11.0 Å². The quantitative estimate of drug-likeness (QED) is 0.582. The molecular formula is C27H31N3O4. The largest absolute Gasteiger partial charge is 0.488 e. The molecule has 1 aliphatic heterocycles. The molecule has 1 atom stereocenters. The smallest absolute Gasteiger partial charge is 0.259 e. The van der Waals surface area contributed by atoms with Crippen LogP contribution in [0.2, 0.25) is 0 Å². The zero-order valence-electron chi connectivity index (χ0n) is 20.0. The summed E-state index contributed by atoms with van der Waals surface area (Å²) in [7, 11) is 0. The Morgan fingerprint density at radius 2 is 1.97 bits per heavy atom. The molecule has 1 unspecified atom stereocenters. The number of aryl methyl sites for hydroxylation is 1. The molecule has 1 amide bonds. The normalized spacial score (nSPS) is 18.5. The minimum atomic E-state index is -0.301. The Morgan fingerprint density at radius 3 is 2.65 bits per heavy atom. The van der Waals surface area contributed by atoms with Crippen molar-refractivity contribution in [2.24, 2.45) is 5.92 Å². The molecule has 34 heavy (non-hydrogen) atoms. The summed E-state index contributed by atoms with van der Waals surface area (Å²) in [6, 6.07) is 10.1. The first-order chi connectivity index (χ1) is 16.4. The standard InChI is InChI=1S/C27H31N3O4/c1-4-29-15-23(27(32)30-9-10-33-24(16-30)17(2)3)25(31)22-13-21(14-28-26(22)29)34-20-11-18-7-5-6-8-19(18)12-20/h5-8,13-15,17,20,24H,4,9-12,16H2,1-3H3. The minimum absolute atomic E-state index is 0.0104. The molecule has 0 N–H and O–H groups in total. The maximum atomic E-state index is 13.5. The Labute approximate surface area is 199 Å². The van der Waals surface area contributed by atoms with Gasteiger partial charge in [-0.2, -0.15) is 0 Å². The van der Waals surface area contributed by atoms with Crippen molar-refractivity contribution >= 4 is 16.9 Å². The van der Waals surface area contributed by atoms with E-state index in [9.17, 15) is 9.59 Å². The zero-order chi connectivity index (χ0) is 23.8. The maximum Gasteiger partial charge on any atom is 0.259 e. The van der Waals surface area contributed by atoms with Gasteiger partial charge >= 0.3 is 0 Å². The number of amides is 1. The van der Waals surface area contributed by atoms with Crippen LogP contribution in [0.15, 0.2) is 47.5 Å². The van der Waals surface area contributed by atoms with Crippen LogP contribution in [-0.2, 0) is 24.1 Å². The third-order valence-corrected chi connectivity index (χ3v) is 6.90. The van der Waals surface area contributed by atoms with Gasteiger partial charge in [0, 0.05) is 38.7 Å². The molecule has 3 heterocycles. The summed E-state index contributed by atoms with van der Waals surface area (Å²) < 4.78 is 13.9. The van der Waals surface area contributed by atoms with Crippen LogP contribution in [0.4, 0.5) is 0 Å². The fraction of sp³-hybridized carbons (Fsp3) is 0.444. The lowest BCUT2D eigenvalue weighted by Crippen LogP contribution is -2.48. The summed E-state index contributed by atoms with van der Waals surface area (Å²) in [6.45, 7) is 8.18. The molecule has 1 aromatic carbocycles. The Hall–Kier alpha value is -3.19. The molecule has 0 spiro atoms. The molecule has 1 saturated heterocycles. The average molecular weight is 462 g/mol. The summed E-state index contributed by atoms with van der Waals surface area (Å²) in [5.74, 6) is 0.603. The lowest BCUT2D eigenvalue weighted by Gasteiger charge is -2.34. The molecular weight excluding hydrogens is 430 g/mol. The van der Waals surface area contributed by atoms with Gasteiger partial charge in [0.15, 0.2) is 0 Å². The number of hydrogen-bond donors (Lipinski definition) is 0. The lowest BCUT2D eigenvalue weighted by molar-refractivity contribution is -0.0421. The summed E-state index contributed by atoms with van der Waals surface area (Å²) in [6.07, 6.45) is 4.97. The van der Waals surface area contributed by atoms with Crippen molar-refractivity contribution < 1.29 is 14.3 Å². The van der Waals surface area contributed by atoms with E-state index in [-0.39, 0.29) is 29.1 Å². The van der Waals surface area contributed by atoms with E-state index < -0.39 is 0 Å². The fourth-order valence-electron chi connectivity index (χ4n) is 4.94. The third kappa shape index (κ3) is 4.20. The highest BCUT2D eigenvalue weighted by Crippen LogP contribution is 2.26. The predicted molar refractivity (Wildman–Crippen MR) is 130 cm³/mol. The minimum Gasteiger partial charge on any atom is -0.488 e. The monoisotopic (exact) mass is 461 g/mol. The molecule has 178 valence electrons. The molecule has 1 fully saturated rings. The number of aromatic nitrogens is 2. The van der Waals surface area contributed by atoms with E-state index in [0.717, 1.165) is 12.8 Å².